The lowest BCUT2D eigenvalue weighted by atomic mass is 10.1. The summed E-state index contributed by atoms with van der Waals surface area (Å²) in [4.78, 5) is 11.8. The first-order valence-corrected chi connectivity index (χ1v) is 5.72. The van der Waals surface area contributed by atoms with E-state index >= 15 is 0 Å². The van der Waals surface area contributed by atoms with E-state index in [4.69, 9.17) is 9.84 Å². The summed E-state index contributed by atoms with van der Waals surface area (Å²) >= 11 is 1.58. The molecule has 82 valence electrons. The summed E-state index contributed by atoms with van der Waals surface area (Å²) in [6, 6.07) is 4.12. The summed E-state index contributed by atoms with van der Waals surface area (Å²) in [6.07, 6.45) is 0.122. The zero-order valence-electron chi connectivity index (χ0n) is 8.18. The van der Waals surface area contributed by atoms with Gasteiger partial charge in [-0.1, -0.05) is 6.07 Å². The van der Waals surface area contributed by atoms with E-state index in [1.54, 1.807) is 11.3 Å². The van der Waals surface area contributed by atoms with E-state index in [0.717, 1.165) is 4.88 Å². The van der Waals surface area contributed by atoms with Gasteiger partial charge in [-0.15, -0.1) is 11.3 Å². The average molecular weight is 227 g/mol. The third-order valence-electron chi connectivity index (χ3n) is 2.34. The Kier molecular flexibility index (Phi) is 3.35. The first-order chi connectivity index (χ1) is 7.25. The third kappa shape index (κ3) is 2.77. The van der Waals surface area contributed by atoms with Gasteiger partial charge in [0.25, 0.3) is 0 Å². The smallest absolute Gasteiger partial charge is 0.305 e. The summed E-state index contributed by atoms with van der Waals surface area (Å²) in [7, 11) is 0. The Morgan fingerprint density at radius 3 is 3.00 bits per heavy atom. The molecule has 0 amide bonds. The summed E-state index contributed by atoms with van der Waals surface area (Å²) in [5.74, 6) is -0.777. The number of hydrogen-bond acceptors (Lipinski definition) is 4. The number of aliphatic carboxylic acids is 1. The van der Waals surface area contributed by atoms with Crippen molar-refractivity contribution in [3.63, 3.8) is 0 Å². The molecule has 2 N–H and O–H groups in total. The van der Waals surface area contributed by atoms with E-state index in [1.165, 1.54) is 0 Å². The molecule has 0 aliphatic carbocycles. The number of ether oxygens (including phenoxy) is 1. The predicted molar refractivity (Wildman–Crippen MR) is 57.1 cm³/mol. The largest absolute Gasteiger partial charge is 0.481 e. The van der Waals surface area contributed by atoms with Crippen LogP contribution in [0.3, 0.4) is 0 Å². The molecule has 1 aromatic rings. The van der Waals surface area contributed by atoms with Gasteiger partial charge >= 0.3 is 5.97 Å². The molecule has 1 atom stereocenters. The Morgan fingerprint density at radius 1 is 1.73 bits per heavy atom. The summed E-state index contributed by atoms with van der Waals surface area (Å²) in [5.41, 5.74) is 0. The Labute approximate surface area is 91.9 Å². The standard InChI is InChI=1S/C10H13NO3S/c12-10(13)4-8(9-2-1-3-15-9)11-7-5-14-6-7/h1-3,7-8,11H,4-6H2,(H,12,13). The van der Waals surface area contributed by atoms with Crippen LogP contribution in [0.5, 0.6) is 0 Å². The molecule has 4 nitrogen and oxygen atoms in total. The first kappa shape index (κ1) is 10.6. The molecule has 1 unspecified atom stereocenters. The van der Waals surface area contributed by atoms with Crippen molar-refractivity contribution in [2.45, 2.75) is 18.5 Å². The van der Waals surface area contributed by atoms with E-state index in [2.05, 4.69) is 5.32 Å². The number of carboxylic acids is 1. The van der Waals surface area contributed by atoms with Gasteiger partial charge < -0.3 is 15.2 Å². The van der Waals surface area contributed by atoms with Crippen molar-refractivity contribution in [3.8, 4) is 0 Å². The zero-order valence-corrected chi connectivity index (χ0v) is 9.00. The third-order valence-corrected chi connectivity index (χ3v) is 3.33. The number of hydrogen-bond donors (Lipinski definition) is 2. The van der Waals surface area contributed by atoms with Crippen LogP contribution in [0.4, 0.5) is 0 Å². The van der Waals surface area contributed by atoms with E-state index in [1.807, 2.05) is 17.5 Å². The highest BCUT2D eigenvalue weighted by atomic mass is 32.1. The van der Waals surface area contributed by atoms with Crippen LogP contribution in [0.15, 0.2) is 17.5 Å². The van der Waals surface area contributed by atoms with Gasteiger partial charge in [-0.25, -0.2) is 0 Å². The van der Waals surface area contributed by atoms with Crippen LogP contribution in [0, 0.1) is 0 Å². The van der Waals surface area contributed by atoms with Crippen molar-refractivity contribution in [2.75, 3.05) is 13.2 Å². The fourth-order valence-corrected chi connectivity index (χ4v) is 2.31. The Morgan fingerprint density at radius 2 is 2.53 bits per heavy atom. The fraction of sp³-hybridized carbons (Fsp3) is 0.500. The number of nitrogens with one attached hydrogen (secondary N) is 1. The highest BCUT2D eigenvalue weighted by Gasteiger charge is 2.24. The van der Waals surface area contributed by atoms with Gasteiger partial charge in [0.05, 0.1) is 31.7 Å². The van der Waals surface area contributed by atoms with E-state index in [-0.39, 0.29) is 12.5 Å². The monoisotopic (exact) mass is 227 g/mol. The Bertz CT molecular complexity index is 321. The van der Waals surface area contributed by atoms with Crippen LogP contribution in [0.1, 0.15) is 17.3 Å². The molecule has 1 aliphatic rings. The molecule has 1 aliphatic heterocycles. The second-order valence-electron chi connectivity index (χ2n) is 3.57. The molecule has 15 heavy (non-hydrogen) atoms. The van der Waals surface area contributed by atoms with Gasteiger partial charge in [0.15, 0.2) is 0 Å². The second-order valence-corrected chi connectivity index (χ2v) is 4.55. The number of carbonyl (C=O) groups is 1. The molecule has 2 heterocycles. The number of rotatable bonds is 5. The molecule has 0 aromatic carbocycles. The van der Waals surface area contributed by atoms with Crippen LogP contribution >= 0.6 is 11.3 Å². The number of thiophene rings is 1. The summed E-state index contributed by atoms with van der Waals surface area (Å²) in [6.45, 7) is 1.36. The Balaban J connectivity index is 1.98. The van der Waals surface area contributed by atoms with Gasteiger partial charge in [0.2, 0.25) is 0 Å². The maximum atomic E-state index is 10.7. The van der Waals surface area contributed by atoms with Crippen LogP contribution in [0.2, 0.25) is 0 Å². The molecule has 5 heteroatoms. The van der Waals surface area contributed by atoms with Crippen LogP contribution < -0.4 is 5.32 Å². The highest BCUT2D eigenvalue weighted by Crippen LogP contribution is 2.23. The quantitative estimate of drug-likeness (QED) is 0.795. The lowest BCUT2D eigenvalue weighted by Gasteiger charge is -2.30. The van der Waals surface area contributed by atoms with E-state index in [9.17, 15) is 4.79 Å². The molecule has 1 fully saturated rings. The van der Waals surface area contributed by atoms with E-state index in [0.29, 0.717) is 19.3 Å². The molecule has 1 saturated heterocycles. The molecule has 0 saturated carbocycles. The van der Waals surface area contributed by atoms with Crippen molar-refractivity contribution in [2.24, 2.45) is 0 Å². The van der Waals surface area contributed by atoms with Crippen LogP contribution in [0.25, 0.3) is 0 Å². The molecule has 0 radical (unpaired) electrons. The number of carboxylic acid groups (broad SMARTS) is 1. The molecular weight excluding hydrogens is 214 g/mol. The summed E-state index contributed by atoms with van der Waals surface area (Å²) in [5, 5.41) is 14.1. The Hall–Kier alpha value is -0.910. The van der Waals surface area contributed by atoms with Gasteiger partial charge in [-0.3, -0.25) is 4.79 Å². The zero-order chi connectivity index (χ0) is 10.7. The molecule has 1 aromatic heterocycles. The fourth-order valence-electron chi connectivity index (χ4n) is 1.52. The summed E-state index contributed by atoms with van der Waals surface area (Å²) < 4.78 is 5.05. The van der Waals surface area contributed by atoms with Gasteiger partial charge in [-0.2, -0.15) is 0 Å². The lowest BCUT2D eigenvalue weighted by molar-refractivity contribution is -0.137. The van der Waals surface area contributed by atoms with Crippen molar-refractivity contribution in [1.82, 2.24) is 5.32 Å². The maximum absolute atomic E-state index is 10.7. The molecule has 0 spiro atoms. The van der Waals surface area contributed by atoms with Crippen molar-refractivity contribution >= 4 is 17.3 Å². The SMILES string of the molecule is O=C(O)CC(NC1COC1)c1cccs1. The van der Waals surface area contributed by atoms with Gasteiger partial charge in [-0.05, 0) is 11.4 Å². The van der Waals surface area contributed by atoms with Crippen molar-refractivity contribution in [3.05, 3.63) is 22.4 Å². The lowest BCUT2D eigenvalue weighted by Crippen LogP contribution is -2.47. The first-order valence-electron chi connectivity index (χ1n) is 4.84. The van der Waals surface area contributed by atoms with Crippen LogP contribution in [-0.2, 0) is 9.53 Å². The minimum absolute atomic E-state index is 0.0867. The predicted octanol–water partition coefficient (Wildman–Crippen LogP) is 1.25. The van der Waals surface area contributed by atoms with Gasteiger partial charge in [0.1, 0.15) is 0 Å². The minimum Gasteiger partial charge on any atom is -0.481 e. The van der Waals surface area contributed by atoms with Gasteiger partial charge in [0, 0.05) is 4.88 Å². The van der Waals surface area contributed by atoms with Crippen LogP contribution in [-0.4, -0.2) is 30.3 Å². The van der Waals surface area contributed by atoms with Crippen molar-refractivity contribution in [1.29, 1.82) is 0 Å². The molecule has 2 rings (SSSR count). The van der Waals surface area contributed by atoms with E-state index < -0.39 is 5.97 Å². The average Bonchev–Trinajstić information content (AvgIpc) is 2.60. The minimum atomic E-state index is -0.777. The second kappa shape index (κ2) is 4.74. The highest BCUT2D eigenvalue weighted by molar-refractivity contribution is 7.10. The van der Waals surface area contributed by atoms with Crippen molar-refractivity contribution < 1.29 is 14.6 Å². The molecule has 0 bridgehead atoms. The normalized spacial score (nSPS) is 18.4. The molecular formula is C10H13NO3S. The topological polar surface area (TPSA) is 58.6 Å². The maximum Gasteiger partial charge on any atom is 0.305 e.